The molecular formula is C21H19N3O6S. The Labute approximate surface area is 178 Å². The fraction of sp³-hybridized carbons (Fsp3) is 0.190. The molecule has 0 unspecified atom stereocenters. The van der Waals surface area contributed by atoms with Crippen molar-refractivity contribution < 1.29 is 27.3 Å². The number of ether oxygens (including phenoxy) is 1. The van der Waals surface area contributed by atoms with Gasteiger partial charge in [0.15, 0.2) is 0 Å². The van der Waals surface area contributed by atoms with E-state index in [-0.39, 0.29) is 22.3 Å². The van der Waals surface area contributed by atoms with Gasteiger partial charge >= 0.3 is 5.97 Å². The van der Waals surface area contributed by atoms with Gasteiger partial charge in [0.2, 0.25) is 5.88 Å². The average Bonchev–Trinajstić information content (AvgIpc) is 3.05. The third-order valence-corrected chi connectivity index (χ3v) is 6.34. The number of fused-ring (bicyclic) bond motifs is 1. The predicted octanol–water partition coefficient (Wildman–Crippen LogP) is 2.62. The van der Waals surface area contributed by atoms with Crippen LogP contribution in [-0.4, -0.2) is 31.6 Å². The second-order valence-electron chi connectivity index (χ2n) is 7.10. The Kier molecular flexibility index (Phi) is 5.24. The summed E-state index contributed by atoms with van der Waals surface area (Å²) < 4.78 is 37.7. The first-order chi connectivity index (χ1) is 14.7. The number of benzene rings is 1. The van der Waals surface area contributed by atoms with Crippen molar-refractivity contribution in [3.8, 4) is 0 Å². The lowest BCUT2D eigenvalue weighted by Gasteiger charge is -2.27. The van der Waals surface area contributed by atoms with Gasteiger partial charge in [-0.1, -0.05) is 29.5 Å². The van der Waals surface area contributed by atoms with Crippen molar-refractivity contribution >= 4 is 33.5 Å². The lowest BCUT2D eigenvalue weighted by Crippen LogP contribution is -2.34. The highest BCUT2D eigenvalue weighted by atomic mass is 32.2. The summed E-state index contributed by atoms with van der Waals surface area (Å²) >= 11 is 0. The number of amides is 1. The molecule has 2 N–H and O–H groups in total. The van der Waals surface area contributed by atoms with Gasteiger partial charge in [0, 0.05) is 17.2 Å². The van der Waals surface area contributed by atoms with Crippen LogP contribution in [0.1, 0.15) is 11.3 Å². The molecule has 0 fully saturated rings. The standard InChI is InChI=1S/C21H19N3O6S/c1-12-13(2)23-30-20(12)24-31(27,28)16-9-7-15(8-10-16)22-19(25)17-11-14-5-3-4-6-18(14)29-21(17)26/h3-11,14,18,24H,1-2H3,(H,22,25)/t14-,18-/m0/s1. The van der Waals surface area contributed by atoms with Crippen LogP contribution < -0.4 is 10.0 Å². The predicted molar refractivity (Wildman–Crippen MR) is 112 cm³/mol. The Morgan fingerprint density at radius 3 is 2.48 bits per heavy atom. The molecule has 2 atom stereocenters. The first-order valence-corrected chi connectivity index (χ1v) is 10.9. The van der Waals surface area contributed by atoms with E-state index in [1.54, 1.807) is 32.1 Å². The minimum Gasteiger partial charge on any atom is -0.453 e. The van der Waals surface area contributed by atoms with E-state index in [4.69, 9.17) is 9.26 Å². The summed E-state index contributed by atoms with van der Waals surface area (Å²) in [5, 5.41) is 6.30. The quantitative estimate of drug-likeness (QED) is 0.539. The number of nitrogens with one attached hydrogen (secondary N) is 2. The molecule has 0 bridgehead atoms. The summed E-state index contributed by atoms with van der Waals surface area (Å²) in [7, 11) is -3.91. The van der Waals surface area contributed by atoms with E-state index in [1.165, 1.54) is 24.3 Å². The molecule has 2 aliphatic rings. The number of hydrogen-bond acceptors (Lipinski definition) is 7. The van der Waals surface area contributed by atoms with E-state index in [0.717, 1.165) is 0 Å². The summed E-state index contributed by atoms with van der Waals surface area (Å²) in [6, 6.07) is 5.50. The van der Waals surface area contributed by atoms with Gasteiger partial charge in [0.1, 0.15) is 11.7 Å². The first-order valence-electron chi connectivity index (χ1n) is 9.39. The normalized spacial score (nSPS) is 19.9. The van der Waals surface area contributed by atoms with E-state index in [0.29, 0.717) is 16.9 Å². The van der Waals surface area contributed by atoms with E-state index >= 15 is 0 Å². The lowest BCUT2D eigenvalue weighted by molar-refractivity contribution is -0.145. The van der Waals surface area contributed by atoms with Gasteiger partial charge in [0.25, 0.3) is 15.9 Å². The van der Waals surface area contributed by atoms with Crippen molar-refractivity contribution in [2.24, 2.45) is 5.92 Å². The van der Waals surface area contributed by atoms with E-state index in [1.807, 2.05) is 12.2 Å². The Bertz CT molecular complexity index is 1240. The number of hydrogen-bond donors (Lipinski definition) is 2. The van der Waals surface area contributed by atoms with Crippen LogP contribution >= 0.6 is 0 Å². The number of rotatable bonds is 5. The molecule has 1 amide bonds. The number of aryl methyl sites for hydroxylation is 1. The monoisotopic (exact) mass is 441 g/mol. The number of esters is 1. The summed E-state index contributed by atoms with van der Waals surface area (Å²) in [4.78, 5) is 24.7. The van der Waals surface area contributed by atoms with Crippen LogP contribution in [0.25, 0.3) is 0 Å². The molecule has 2 aromatic rings. The van der Waals surface area contributed by atoms with Gasteiger partial charge in [-0.05, 0) is 44.2 Å². The van der Waals surface area contributed by atoms with Gasteiger partial charge < -0.3 is 14.6 Å². The summed E-state index contributed by atoms with van der Waals surface area (Å²) in [5.74, 6) is -1.50. The second-order valence-corrected chi connectivity index (χ2v) is 8.79. The SMILES string of the molecule is Cc1noc(NS(=O)(=O)c2ccc(NC(=O)C3=C[C@@H]4C=CC=C[C@@H]4OC3=O)cc2)c1C. The van der Waals surface area contributed by atoms with Crippen LogP contribution in [0.4, 0.5) is 11.6 Å². The van der Waals surface area contributed by atoms with Crippen LogP contribution in [0.3, 0.4) is 0 Å². The van der Waals surface area contributed by atoms with Crippen LogP contribution in [-0.2, 0) is 24.3 Å². The maximum atomic E-state index is 12.6. The minimum atomic E-state index is -3.91. The van der Waals surface area contributed by atoms with Crippen LogP contribution in [0.15, 0.2) is 69.6 Å². The lowest BCUT2D eigenvalue weighted by atomic mass is 9.92. The zero-order chi connectivity index (χ0) is 22.2. The Morgan fingerprint density at radius 2 is 1.81 bits per heavy atom. The molecule has 4 rings (SSSR count). The molecule has 2 heterocycles. The molecule has 1 aliphatic carbocycles. The van der Waals surface area contributed by atoms with Crippen LogP contribution in [0.5, 0.6) is 0 Å². The van der Waals surface area contributed by atoms with Crippen LogP contribution in [0, 0.1) is 19.8 Å². The average molecular weight is 441 g/mol. The van der Waals surface area contributed by atoms with Crippen LogP contribution in [0.2, 0.25) is 0 Å². The molecule has 1 aliphatic heterocycles. The molecule has 9 nitrogen and oxygen atoms in total. The highest BCUT2D eigenvalue weighted by molar-refractivity contribution is 7.92. The molecule has 1 aromatic carbocycles. The molecule has 31 heavy (non-hydrogen) atoms. The van der Waals surface area contributed by atoms with Crippen molar-refractivity contribution in [1.82, 2.24) is 5.16 Å². The minimum absolute atomic E-state index is 0.0304. The van der Waals surface area contributed by atoms with Gasteiger partial charge in [-0.3, -0.25) is 4.79 Å². The zero-order valence-corrected chi connectivity index (χ0v) is 17.5. The Hall–Kier alpha value is -3.66. The molecule has 0 spiro atoms. The molecule has 0 saturated heterocycles. The second kappa shape index (κ2) is 7.88. The Balaban J connectivity index is 1.47. The van der Waals surface area contributed by atoms with E-state index in [2.05, 4.69) is 15.2 Å². The van der Waals surface area contributed by atoms with Crippen molar-refractivity contribution in [2.45, 2.75) is 24.8 Å². The number of allylic oxidation sites excluding steroid dienone is 2. The maximum absolute atomic E-state index is 12.6. The number of carbonyl (C=O) groups is 2. The molecule has 1 aromatic heterocycles. The van der Waals surface area contributed by atoms with Crippen molar-refractivity contribution in [3.63, 3.8) is 0 Å². The maximum Gasteiger partial charge on any atom is 0.344 e. The van der Waals surface area contributed by atoms with Gasteiger partial charge in [-0.2, -0.15) is 0 Å². The summed E-state index contributed by atoms with van der Waals surface area (Å²) in [6.45, 7) is 3.39. The molecule has 10 heteroatoms. The van der Waals surface area contributed by atoms with Gasteiger partial charge in [-0.25, -0.2) is 17.9 Å². The molecule has 160 valence electrons. The molecule has 0 saturated carbocycles. The summed E-state index contributed by atoms with van der Waals surface area (Å²) in [6.07, 6.45) is 8.35. The largest absolute Gasteiger partial charge is 0.453 e. The van der Waals surface area contributed by atoms with Gasteiger partial charge in [-0.15, -0.1) is 0 Å². The molecular weight excluding hydrogens is 422 g/mol. The van der Waals surface area contributed by atoms with E-state index in [9.17, 15) is 18.0 Å². The van der Waals surface area contributed by atoms with E-state index < -0.39 is 28.0 Å². The number of carbonyl (C=O) groups excluding carboxylic acids is 2. The fourth-order valence-electron chi connectivity index (χ4n) is 3.10. The van der Waals surface area contributed by atoms with Gasteiger partial charge in [0.05, 0.1) is 10.6 Å². The number of anilines is 2. The highest BCUT2D eigenvalue weighted by Gasteiger charge is 2.32. The van der Waals surface area contributed by atoms with Crippen molar-refractivity contribution in [2.75, 3.05) is 10.0 Å². The third-order valence-electron chi connectivity index (χ3n) is 5.00. The highest BCUT2D eigenvalue weighted by Crippen LogP contribution is 2.26. The Morgan fingerprint density at radius 1 is 1.10 bits per heavy atom. The van der Waals surface area contributed by atoms with Crippen molar-refractivity contribution in [3.05, 3.63) is 71.5 Å². The zero-order valence-electron chi connectivity index (χ0n) is 16.7. The smallest absolute Gasteiger partial charge is 0.344 e. The number of aromatic nitrogens is 1. The number of nitrogens with zero attached hydrogens (tertiary/aromatic N) is 1. The first kappa shape index (κ1) is 20.6. The molecule has 0 radical (unpaired) electrons. The summed E-state index contributed by atoms with van der Waals surface area (Å²) in [5.41, 5.74) is 1.39. The number of sulfonamides is 1. The topological polar surface area (TPSA) is 128 Å². The van der Waals surface area contributed by atoms with Crippen molar-refractivity contribution in [1.29, 1.82) is 0 Å². The third kappa shape index (κ3) is 4.15. The fourth-order valence-corrected chi connectivity index (χ4v) is 4.14.